The topological polar surface area (TPSA) is 85.8 Å². The number of nitrogens with zero attached hydrogens (tertiary/aromatic N) is 5. The summed E-state index contributed by atoms with van der Waals surface area (Å²) in [6.07, 6.45) is 3.31. The number of carboxylic acid groups (broad SMARTS) is 1. The lowest BCUT2D eigenvalue weighted by Gasteiger charge is -2.04. The summed E-state index contributed by atoms with van der Waals surface area (Å²) in [7, 11) is 0. The second-order valence-electron chi connectivity index (χ2n) is 5.53. The fraction of sp³-hybridized carbons (Fsp3) is 0.375. The molecule has 0 aromatic carbocycles. The third-order valence-corrected chi connectivity index (χ3v) is 4.57. The molecule has 0 spiro atoms. The molecule has 24 heavy (non-hydrogen) atoms. The van der Waals surface area contributed by atoms with Crippen LogP contribution in [0.25, 0.3) is 11.4 Å². The molecule has 1 N–H and O–H groups in total. The predicted molar refractivity (Wildman–Crippen MR) is 91.0 cm³/mol. The first kappa shape index (κ1) is 16.4. The molecule has 0 aliphatic heterocycles. The summed E-state index contributed by atoms with van der Waals surface area (Å²) in [5, 5.41) is 19.9. The maximum atomic E-state index is 11.2. The fourth-order valence-corrected chi connectivity index (χ4v) is 3.28. The number of hydrogen-bond donors (Lipinski definition) is 1. The van der Waals surface area contributed by atoms with Crippen molar-refractivity contribution >= 4 is 17.3 Å². The van der Waals surface area contributed by atoms with E-state index in [0.717, 1.165) is 29.1 Å². The van der Waals surface area contributed by atoms with Crippen molar-refractivity contribution in [2.75, 3.05) is 0 Å². The van der Waals surface area contributed by atoms with Gasteiger partial charge < -0.3 is 5.11 Å². The molecule has 3 aromatic heterocycles. The van der Waals surface area contributed by atoms with Crippen LogP contribution in [-0.4, -0.2) is 35.6 Å². The molecular weight excluding hydrogens is 326 g/mol. The molecular formula is C16H19N5O2S. The van der Waals surface area contributed by atoms with Crippen LogP contribution in [0.5, 0.6) is 0 Å². The van der Waals surface area contributed by atoms with Gasteiger partial charge in [0.1, 0.15) is 6.54 Å². The Morgan fingerprint density at radius 2 is 2.21 bits per heavy atom. The van der Waals surface area contributed by atoms with Crippen molar-refractivity contribution in [3.63, 3.8) is 0 Å². The fourth-order valence-electron chi connectivity index (χ4n) is 2.57. The van der Waals surface area contributed by atoms with Gasteiger partial charge in [0.15, 0.2) is 11.6 Å². The van der Waals surface area contributed by atoms with E-state index in [1.165, 1.54) is 4.68 Å². The smallest absolute Gasteiger partial charge is 0.325 e. The quantitative estimate of drug-likeness (QED) is 0.711. The Balaban J connectivity index is 1.98. The van der Waals surface area contributed by atoms with E-state index in [1.807, 2.05) is 29.1 Å². The minimum atomic E-state index is -0.942. The van der Waals surface area contributed by atoms with Crippen LogP contribution in [-0.2, 0) is 24.3 Å². The van der Waals surface area contributed by atoms with Crippen LogP contribution in [0.2, 0.25) is 0 Å². The molecule has 0 fully saturated rings. The molecule has 3 rings (SSSR count). The van der Waals surface area contributed by atoms with Gasteiger partial charge in [-0.3, -0.25) is 9.48 Å². The largest absolute Gasteiger partial charge is 0.480 e. The first-order valence-corrected chi connectivity index (χ1v) is 8.67. The molecule has 0 atom stereocenters. The highest BCUT2D eigenvalue weighted by molar-refractivity contribution is 7.09. The van der Waals surface area contributed by atoms with E-state index < -0.39 is 5.97 Å². The molecule has 7 nitrogen and oxygen atoms in total. The van der Waals surface area contributed by atoms with E-state index in [9.17, 15) is 4.79 Å². The van der Waals surface area contributed by atoms with Crippen LogP contribution in [0.3, 0.4) is 0 Å². The van der Waals surface area contributed by atoms with Crippen molar-refractivity contribution in [3.05, 3.63) is 40.1 Å². The number of carboxylic acids is 1. The second-order valence-corrected chi connectivity index (χ2v) is 6.56. The van der Waals surface area contributed by atoms with E-state index in [0.29, 0.717) is 18.1 Å². The average molecular weight is 345 g/mol. The maximum Gasteiger partial charge on any atom is 0.325 e. The first-order chi connectivity index (χ1) is 11.6. The predicted octanol–water partition coefficient (Wildman–Crippen LogP) is 2.60. The highest BCUT2D eigenvalue weighted by Crippen LogP contribution is 2.23. The molecule has 0 unspecified atom stereocenters. The molecule has 8 heteroatoms. The molecule has 0 radical (unpaired) electrons. The van der Waals surface area contributed by atoms with Crippen LogP contribution >= 0.6 is 11.3 Å². The van der Waals surface area contributed by atoms with Gasteiger partial charge in [0.2, 0.25) is 0 Å². The van der Waals surface area contributed by atoms with E-state index in [4.69, 9.17) is 5.11 Å². The van der Waals surface area contributed by atoms with Crippen molar-refractivity contribution < 1.29 is 9.90 Å². The third-order valence-electron chi connectivity index (χ3n) is 3.69. The lowest BCUT2D eigenvalue weighted by atomic mass is 10.2. The van der Waals surface area contributed by atoms with Gasteiger partial charge in [-0.2, -0.15) is 10.2 Å². The van der Waals surface area contributed by atoms with Crippen molar-refractivity contribution in [1.82, 2.24) is 24.5 Å². The summed E-state index contributed by atoms with van der Waals surface area (Å²) in [6, 6.07) is 4.00. The standard InChI is InChI=1S/C16H19N5O2S/c1-3-6-20-11(2)13(9-17-20)16-18-14(8-12-5-4-7-24-12)19-21(16)10-15(22)23/h4-5,7,9H,3,6,8,10H2,1-2H3,(H,22,23). The highest BCUT2D eigenvalue weighted by atomic mass is 32.1. The molecule has 126 valence electrons. The minimum absolute atomic E-state index is 0.217. The average Bonchev–Trinajstić information content (AvgIpc) is 3.23. The summed E-state index contributed by atoms with van der Waals surface area (Å²) < 4.78 is 3.36. The zero-order valence-corrected chi connectivity index (χ0v) is 14.5. The number of thiophene rings is 1. The van der Waals surface area contributed by atoms with Crippen molar-refractivity contribution in [3.8, 4) is 11.4 Å². The molecule has 0 aliphatic rings. The third kappa shape index (κ3) is 3.38. The van der Waals surface area contributed by atoms with Crippen molar-refractivity contribution in [2.24, 2.45) is 0 Å². The van der Waals surface area contributed by atoms with Crippen LogP contribution in [0, 0.1) is 6.92 Å². The Morgan fingerprint density at radius 3 is 2.88 bits per heavy atom. The lowest BCUT2D eigenvalue weighted by Crippen LogP contribution is -2.12. The Hall–Kier alpha value is -2.48. The van der Waals surface area contributed by atoms with Gasteiger partial charge in [-0.05, 0) is 24.8 Å². The molecule has 3 heterocycles. The van der Waals surface area contributed by atoms with E-state index in [-0.39, 0.29) is 6.54 Å². The molecule has 0 aliphatic carbocycles. The van der Waals surface area contributed by atoms with Gasteiger partial charge in [0.25, 0.3) is 0 Å². The monoisotopic (exact) mass is 345 g/mol. The second kappa shape index (κ2) is 6.96. The molecule has 0 saturated carbocycles. The Bertz CT molecular complexity index is 835. The van der Waals surface area contributed by atoms with Gasteiger partial charge in [0.05, 0.1) is 11.8 Å². The minimum Gasteiger partial charge on any atom is -0.480 e. The summed E-state index contributed by atoms with van der Waals surface area (Å²) in [5.41, 5.74) is 1.80. The summed E-state index contributed by atoms with van der Waals surface area (Å²) >= 11 is 1.63. The summed E-state index contributed by atoms with van der Waals surface area (Å²) in [5.74, 6) is 0.238. The van der Waals surface area contributed by atoms with Crippen LogP contribution in [0.4, 0.5) is 0 Å². The van der Waals surface area contributed by atoms with Crippen molar-refractivity contribution in [2.45, 2.75) is 39.8 Å². The molecule has 3 aromatic rings. The van der Waals surface area contributed by atoms with Crippen LogP contribution in [0.15, 0.2) is 23.7 Å². The van der Waals surface area contributed by atoms with E-state index in [2.05, 4.69) is 22.1 Å². The van der Waals surface area contributed by atoms with Crippen LogP contribution < -0.4 is 0 Å². The Morgan fingerprint density at radius 1 is 1.38 bits per heavy atom. The van der Waals surface area contributed by atoms with Crippen molar-refractivity contribution in [1.29, 1.82) is 0 Å². The SMILES string of the molecule is CCCn1ncc(-c2nc(Cc3cccs3)nn2CC(=O)O)c1C. The number of aliphatic carboxylic acids is 1. The lowest BCUT2D eigenvalue weighted by molar-refractivity contribution is -0.137. The molecule has 0 saturated heterocycles. The number of rotatable bonds is 7. The van der Waals surface area contributed by atoms with Gasteiger partial charge in [-0.1, -0.05) is 13.0 Å². The highest BCUT2D eigenvalue weighted by Gasteiger charge is 2.19. The normalized spacial score (nSPS) is 11.1. The zero-order chi connectivity index (χ0) is 17.1. The number of aryl methyl sites for hydroxylation is 1. The Kier molecular flexibility index (Phi) is 4.75. The number of carbonyl (C=O) groups is 1. The van der Waals surface area contributed by atoms with E-state index >= 15 is 0 Å². The summed E-state index contributed by atoms with van der Waals surface area (Å²) in [4.78, 5) is 16.9. The van der Waals surface area contributed by atoms with Gasteiger partial charge >= 0.3 is 5.97 Å². The van der Waals surface area contributed by atoms with E-state index in [1.54, 1.807) is 17.5 Å². The summed E-state index contributed by atoms with van der Waals surface area (Å²) in [6.45, 7) is 4.66. The Labute approximate surface area is 143 Å². The maximum absolute atomic E-state index is 11.2. The van der Waals surface area contributed by atoms with Gasteiger partial charge in [-0.25, -0.2) is 9.67 Å². The number of hydrogen-bond acceptors (Lipinski definition) is 5. The van der Waals surface area contributed by atoms with Gasteiger partial charge in [-0.15, -0.1) is 11.3 Å². The molecule has 0 bridgehead atoms. The zero-order valence-electron chi connectivity index (χ0n) is 13.6. The van der Waals surface area contributed by atoms with Crippen LogP contribution in [0.1, 0.15) is 29.7 Å². The number of aromatic nitrogens is 5. The van der Waals surface area contributed by atoms with Gasteiger partial charge in [0, 0.05) is 23.5 Å². The first-order valence-electron chi connectivity index (χ1n) is 7.79. The molecule has 0 amide bonds.